The third-order valence-corrected chi connectivity index (χ3v) is 6.49. The highest BCUT2D eigenvalue weighted by molar-refractivity contribution is 5.83. The fourth-order valence-corrected chi connectivity index (χ4v) is 4.40. The molecule has 1 aliphatic rings. The van der Waals surface area contributed by atoms with Crippen LogP contribution < -0.4 is 5.56 Å². The number of ether oxygens (including phenoxy) is 1. The Morgan fingerprint density at radius 3 is 2.88 bits per heavy atom. The van der Waals surface area contributed by atoms with E-state index in [4.69, 9.17) is 9.26 Å². The number of halogens is 1. The van der Waals surface area contributed by atoms with Crippen molar-refractivity contribution in [1.29, 1.82) is 0 Å². The number of aliphatic hydroxyl groups excluding tert-OH is 1. The summed E-state index contributed by atoms with van der Waals surface area (Å²) >= 11 is 0. The maximum atomic E-state index is 14.2. The number of fused-ring (bicyclic) bond motifs is 3. The van der Waals surface area contributed by atoms with E-state index < -0.39 is 11.4 Å². The molecule has 4 heterocycles. The summed E-state index contributed by atoms with van der Waals surface area (Å²) in [6.45, 7) is 5.88. The standard InChI is InChI=1S/C23H27FN6O4/c1-23(2,33-3)22-26-20(27-34-22)18-19-21(32)29(10-9-28-8-4-5-15(31)12-28)17-11-14(24)6-7-16(17)30(19)13-25-18/h6-7,11,13,15,31H,4-5,8-10,12H2,1-3H3. The summed E-state index contributed by atoms with van der Waals surface area (Å²) < 4.78 is 28.2. The molecule has 11 heteroatoms. The van der Waals surface area contributed by atoms with Crippen molar-refractivity contribution in [2.75, 3.05) is 26.7 Å². The van der Waals surface area contributed by atoms with Crippen LogP contribution in [0.15, 0.2) is 33.8 Å². The summed E-state index contributed by atoms with van der Waals surface area (Å²) in [7, 11) is 1.54. The Labute approximate surface area is 194 Å². The quantitative estimate of drug-likeness (QED) is 0.457. The largest absolute Gasteiger partial charge is 0.392 e. The van der Waals surface area contributed by atoms with Gasteiger partial charge in [-0.3, -0.25) is 14.1 Å². The molecule has 0 amide bonds. The van der Waals surface area contributed by atoms with Crippen molar-refractivity contribution in [2.45, 2.75) is 44.9 Å². The Bertz CT molecular complexity index is 1410. The number of β-amino-alcohol motifs (C(OH)–C–C–N with tert-alkyl or cyclic N) is 1. The maximum absolute atomic E-state index is 14.2. The van der Waals surface area contributed by atoms with Gasteiger partial charge >= 0.3 is 0 Å². The molecule has 34 heavy (non-hydrogen) atoms. The molecule has 3 aromatic heterocycles. The van der Waals surface area contributed by atoms with Gasteiger partial charge in [0.15, 0.2) is 0 Å². The van der Waals surface area contributed by atoms with Gasteiger partial charge in [0, 0.05) is 26.7 Å². The summed E-state index contributed by atoms with van der Waals surface area (Å²) in [5.74, 6) is 0.00298. The van der Waals surface area contributed by atoms with Crippen molar-refractivity contribution in [1.82, 2.24) is 29.0 Å². The highest BCUT2D eigenvalue weighted by Gasteiger charge is 2.29. The summed E-state index contributed by atoms with van der Waals surface area (Å²) in [5, 5.41) is 14.0. The number of methoxy groups -OCH3 is 1. The number of likely N-dealkylation sites (tertiary alicyclic amines) is 1. The molecular weight excluding hydrogens is 443 g/mol. The lowest BCUT2D eigenvalue weighted by molar-refractivity contribution is -0.00786. The molecule has 180 valence electrons. The Kier molecular flexibility index (Phi) is 5.70. The molecule has 1 atom stereocenters. The van der Waals surface area contributed by atoms with Crippen LogP contribution in [0, 0.1) is 5.82 Å². The predicted molar refractivity (Wildman–Crippen MR) is 122 cm³/mol. The fourth-order valence-electron chi connectivity index (χ4n) is 4.40. The fraction of sp³-hybridized carbons (Fsp3) is 0.478. The maximum Gasteiger partial charge on any atom is 0.277 e. The lowest BCUT2D eigenvalue weighted by atomic mass is 10.1. The second kappa shape index (κ2) is 8.57. The number of benzene rings is 1. The SMILES string of the molecule is COC(C)(C)c1nc(-c2ncn3c2c(=O)n(CCN2CCCC(O)C2)c2cc(F)ccc23)no1. The van der Waals surface area contributed by atoms with E-state index in [1.54, 1.807) is 36.0 Å². The molecule has 0 radical (unpaired) electrons. The van der Waals surface area contributed by atoms with E-state index in [9.17, 15) is 14.3 Å². The van der Waals surface area contributed by atoms with Gasteiger partial charge in [0.05, 0.1) is 17.1 Å². The molecule has 0 spiro atoms. The van der Waals surface area contributed by atoms with Gasteiger partial charge in [-0.2, -0.15) is 4.98 Å². The van der Waals surface area contributed by atoms with Crippen molar-refractivity contribution >= 4 is 16.6 Å². The van der Waals surface area contributed by atoms with Crippen molar-refractivity contribution in [3.05, 3.63) is 46.6 Å². The minimum atomic E-state index is -0.801. The number of rotatable bonds is 6. The van der Waals surface area contributed by atoms with Gasteiger partial charge in [0.25, 0.3) is 11.4 Å². The van der Waals surface area contributed by atoms with Gasteiger partial charge in [0.1, 0.15) is 29.0 Å². The summed E-state index contributed by atoms with van der Waals surface area (Å²) in [6.07, 6.45) is 2.82. The Hall–Kier alpha value is -3.15. The normalized spacial score (nSPS) is 17.7. The number of aromatic nitrogens is 5. The molecule has 0 bridgehead atoms. The van der Waals surface area contributed by atoms with E-state index >= 15 is 0 Å². The smallest absolute Gasteiger partial charge is 0.277 e. The van der Waals surface area contributed by atoms with E-state index in [0.29, 0.717) is 30.7 Å². The lowest BCUT2D eigenvalue weighted by Crippen LogP contribution is -2.40. The first-order valence-corrected chi connectivity index (χ1v) is 11.3. The lowest BCUT2D eigenvalue weighted by Gasteiger charge is -2.30. The van der Waals surface area contributed by atoms with Crippen LogP contribution in [0.1, 0.15) is 32.6 Å². The predicted octanol–water partition coefficient (Wildman–Crippen LogP) is 2.18. The van der Waals surface area contributed by atoms with E-state index in [1.165, 1.54) is 18.5 Å². The van der Waals surface area contributed by atoms with E-state index in [1.807, 2.05) is 0 Å². The van der Waals surface area contributed by atoms with Gasteiger partial charge in [-0.15, -0.1) is 0 Å². The zero-order valence-electron chi connectivity index (χ0n) is 19.4. The summed E-state index contributed by atoms with van der Waals surface area (Å²) in [6, 6.07) is 4.33. The molecule has 0 aliphatic carbocycles. The molecule has 1 saturated heterocycles. The van der Waals surface area contributed by atoms with Gasteiger partial charge in [-0.1, -0.05) is 5.16 Å². The third kappa shape index (κ3) is 3.89. The first kappa shape index (κ1) is 22.6. The van der Waals surface area contributed by atoms with Crippen LogP contribution in [0.2, 0.25) is 0 Å². The number of hydrogen-bond acceptors (Lipinski definition) is 8. The van der Waals surface area contributed by atoms with Crippen LogP contribution in [0.4, 0.5) is 4.39 Å². The average Bonchev–Trinajstić information content (AvgIpc) is 3.47. The minimum absolute atomic E-state index is 0.173. The summed E-state index contributed by atoms with van der Waals surface area (Å²) in [5.41, 5.74) is 0.522. The van der Waals surface area contributed by atoms with Crippen LogP contribution in [0.5, 0.6) is 0 Å². The minimum Gasteiger partial charge on any atom is -0.392 e. The monoisotopic (exact) mass is 470 g/mol. The molecule has 1 unspecified atom stereocenters. The Morgan fingerprint density at radius 2 is 2.12 bits per heavy atom. The molecule has 1 N–H and O–H groups in total. The van der Waals surface area contributed by atoms with E-state index in [2.05, 4.69) is 20.0 Å². The van der Waals surface area contributed by atoms with Gasteiger partial charge in [0.2, 0.25) is 5.82 Å². The molecule has 1 aliphatic heterocycles. The van der Waals surface area contributed by atoms with Crippen molar-refractivity contribution in [2.24, 2.45) is 0 Å². The number of aliphatic hydroxyl groups is 1. The van der Waals surface area contributed by atoms with Crippen LogP contribution in [-0.4, -0.2) is 66.9 Å². The topological polar surface area (TPSA) is 111 Å². The van der Waals surface area contributed by atoms with Crippen LogP contribution >= 0.6 is 0 Å². The van der Waals surface area contributed by atoms with E-state index in [-0.39, 0.29) is 34.6 Å². The van der Waals surface area contributed by atoms with Gasteiger partial charge in [-0.25, -0.2) is 9.37 Å². The van der Waals surface area contributed by atoms with E-state index in [0.717, 1.165) is 19.4 Å². The number of nitrogens with zero attached hydrogens (tertiary/aromatic N) is 6. The molecule has 10 nitrogen and oxygen atoms in total. The molecule has 0 saturated carbocycles. The molecule has 1 fully saturated rings. The second-order valence-corrected chi connectivity index (χ2v) is 9.14. The first-order valence-electron chi connectivity index (χ1n) is 11.3. The molecule has 1 aromatic carbocycles. The van der Waals surface area contributed by atoms with Crippen molar-refractivity contribution in [3.63, 3.8) is 0 Å². The van der Waals surface area contributed by atoms with Crippen LogP contribution in [0.3, 0.4) is 0 Å². The summed E-state index contributed by atoms with van der Waals surface area (Å²) in [4.78, 5) is 24.6. The van der Waals surface area contributed by atoms with Crippen LogP contribution in [-0.2, 0) is 16.9 Å². The third-order valence-electron chi connectivity index (χ3n) is 6.49. The highest BCUT2D eigenvalue weighted by atomic mass is 19.1. The van der Waals surface area contributed by atoms with Crippen LogP contribution in [0.25, 0.3) is 28.1 Å². The molecule has 5 rings (SSSR count). The first-order chi connectivity index (χ1) is 16.3. The number of hydrogen-bond donors (Lipinski definition) is 1. The zero-order valence-corrected chi connectivity index (χ0v) is 19.4. The second-order valence-electron chi connectivity index (χ2n) is 9.14. The molecular formula is C23H27FN6O4. The van der Waals surface area contributed by atoms with Crippen molar-refractivity contribution < 1.29 is 18.8 Å². The van der Waals surface area contributed by atoms with Gasteiger partial charge < -0.3 is 18.9 Å². The molecule has 4 aromatic rings. The van der Waals surface area contributed by atoms with Gasteiger partial charge in [-0.05, 0) is 51.4 Å². The van der Waals surface area contributed by atoms with Crippen molar-refractivity contribution in [3.8, 4) is 11.5 Å². The average molecular weight is 471 g/mol. The highest BCUT2D eigenvalue weighted by Crippen LogP contribution is 2.27. The number of imidazole rings is 1. The Morgan fingerprint density at radius 1 is 1.29 bits per heavy atom. The zero-order chi connectivity index (χ0) is 24.0. The Balaban J connectivity index is 1.63. The number of piperidine rings is 1.